The average molecular weight is 355 g/mol. The summed E-state index contributed by atoms with van der Waals surface area (Å²) in [5, 5.41) is 4.45. The van der Waals surface area contributed by atoms with Gasteiger partial charge in [0.1, 0.15) is 11.6 Å². The Morgan fingerprint density at radius 1 is 1.04 bits per heavy atom. The van der Waals surface area contributed by atoms with Gasteiger partial charge >= 0.3 is 0 Å². The molecule has 0 aliphatic carbocycles. The first kappa shape index (κ1) is 15.8. The standard InChI is InChI=1S/C19H15ClN2O3/c1-10-7-11(2)9-12(8-10)22-18(23)15-16(21-25-17(15)19(22)24)13-5-3-4-6-14(13)20/h3-9,15,17H,1-2H3/t15-,17-/m1/s1. The molecule has 2 aromatic rings. The highest BCUT2D eigenvalue weighted by molar-refractivity contribution is 6.38. The predicted molar refractivity (Wildman–Crippen MR) is 94.8 cm³/mol. The third-order valence-electron chi connectivity index (χ3n) is 4.43. The van der Waals surface area contributed by atoms with Crippen molar-refractivity contribution in [2.24, 2.45) is 11.1 Å². The number of aryl methyl sites for hydroxylation is 2. The van der Waals surface area contributed by atoms with Crippen LogP contribution >= 0.6 is 11.6 Å². The van der Waals surface area contributed by atoms with E-state index >= 15 is 0 Å². The molecule has 126 valence electrons. The van der Waals surface area contributed by atoms with Gasteiger partial charge in [0.05, 0.1) is 5.69 Å². The molecular formula is C19H15ClN2O3. The number of fused-ring (bicyclic) bond motifs is 1. The number of oxime groups is 1. The van der Waals surface area contributed by atoms with Crippen molar-refractivity contribution in [1.82, 2.24) is 0 Å². The first-order chi connectivity index (χ1) is 12.0. The highest BCUT2D eigenvalue weighted by Gasteiger charge is 2.56. The van der Waals surface area contributed by atoms with Crippen LogP contribution in [0, 0.1) is 19.8 Å². The zero-order chi connectivity index (χ0) is 17.7. The van der Waals surface area contributed by atoms with Crippen LogP contribution in [0.2, 0.25) is 5.02 Å². The van der Waals surface area contributed by atoms with Crippen molar-refractivity contribution >= 4 is 34.8 Å². The van der Waals surface area contributed by atoms with E-state index < -0.39 is 17.9 Å². The zero-order valence-corrected chi connectivity index (χ0v) is 14.4. The zero-order valence-electron chi connectivity index (χ0n) is 13.7. The highest BCUT2D eigenvalue weighted by Crippen LogP contribution is 2.36. The molecular weight excluding hydrogens is 340 g/mol. The van der Waals surface area contributed by atoms with E-state index in [1.165, 1.54) is 4.90 Å². The molecule has 0 saturated carbocycles. The summed E-state index contributed by atoms with van der Waals surface area (Å²) >= 11 is 6.23. The maximum absolute atomic E-state index is 13.0. The van der Waals surface area contributed by atoms with Gasteiger partial charge in [0, 0.05) is 10.6 Å². The van der Waals surface area contributed by atoms with Crippen molar-refractivity contribution in [2.45, 2.75) is 20.0 Å². The Morgan fingerprint density at radius 3 is 2.40 bits per heavy atom. The normalized spacial score (nSPS) is 22.0. The lowest BCUT2D eigenvalue weighted by Crippen LogP contribution is -2.33. The molecule has 5 nitrogen and oxygen atoms in total. The molecule has 6 heteroatoms. The predicted octanol–water partition coefficient (Wildman–Crippen LogP) is 3.25. The fourth-order valence-electron chi connectivity index (χ4n) is 3.40. The number of nitrogens with zero attached hydrogens (tertiary/aromatic N) is 2. The summed E-state index contributed by atoms with van der Waals surface area (Å²) in [7, 11) is 0. The van der Waals surface area contributed by atoms with E-state index in [9.17, 15) is 9.59 Å². The van der Waals surface area contributed by atoms with E-state index in [1.807, 2.05) is 32.0 Å². The molecule has 2 atom stereocenters. The number of rotatable bonds is 2. The van der Waals surface area contributed by atoms with Gasteiger partial charge in [0.25, 0.3) is 5.91 Å². The number of amides is 2. The Labute approximate surface area is 149 Å². The maximum Gasteiger partial charge on any atom is 0.278 e. The van der Waals surface area contributed by atoms with E-state index in [0.717, 1.165) is 11.1 Å². The van der Waals surface area contributed by atoms with Crippen molar-refractivity contribution < 1.29 is 14.4 Å². The van der Waals surface area contributed by atoms with Gasteiger partial charge in [-0.2, -0.15) is 0 Å². The van der Waals surface area contributed by atoms with Crippen LogP contribution in [0.15, 0.2) is 47.6 Å². The Hall–Kier alpha value is -2.66. The fourth-order valence-corrected chi connectivity index (χ4v) is 3.64. The lowest BCUT2D eigenvalue weighted by Gasteiger charge is -2.17. The molecule has 0 radical (unpaired) electrons. The van der Waals surface area contributed by atoms with Crippen LogP contribution < -0.4 is 4.90 Å². The molecule has 0 bridgehead atoms. The van der Waals surface area contributed by atoms with Gasteiger partial charge in [-0.3, -0.25) is 9.59 Å². The Morgan fingerprint density at radius 2 is 1.72 bits per heavy atom. The Kier molecular flexibility index (Phi) is 3.62. The van der Waals surface area contributed by atoms with Crippen LogP contribution in [-0.2, 0) is 14.4 Å². The molecule has 2 aromatic carbocycles. The number of anilines is 1. The molecule has 0 unspecified atom stereocenters. The quantitative estimate of drug-likeness (QED) is 0.778. The van der Waals surface area contributed by atoms with Crippen LogP contribution in [0.25, 0.3) is 0 Å². The van der Waals surface area contributed by atoms with Crippen LogP contribution in [0.4, 0.5) is 5.69 Å². The van der Waals surface area contributed by atoms with E-state index in [1.54, 1.807) is 24.3 Å². The largest absolute Gasteiger partial charge is 0.381 e. The number of carbonyl (C=O) groups is 2. The summed E-state index contributed by atoms with van der Waals surface area (Å²) in [4.78, 5) is 32.3. The minimum atomic E-state index is -0.931. The monoisotopic (exact) mass is 354 g/mol. The van der Waals surface area contributed by atoms with Crippen LogP contribution in [-0.4, -0.2) is 23.6 Å². The first-order valence-corrected chi connectivity index (χ1v) is 8.30. The average Bonchev–Trinajstić information content (AvgIpc) is 3.08. The molecule has 2 aliphatic heterocycles. The minimum absolute atomic E-state index is 0.337. The number of benzene rings is 2. The molecule has 25 heavy (non-hydrogen) atoms. The molecule has 2 aliphatic rings. The molecule has 0 aromatic heterocycles. The Balaban J connectivity index is 1.75. The second kappa shape index (κ2) is 5.70. The first-order valence-electron chi connectivity index (χ1n) is 7.92. The van der Waals surface area contributed by atoms with Gasteiger partial charge in [0.15, 0.2) is 0 Å². The molecule has 0 spiro atoms. The second-order valence-corrected chi connectivity index (χ2v) is 6.73. The summed E-state index contributed by atoms with van der Waals surface area (Å²) in [6, 6.07) is 12.7. The van der Waals surface area contributed by atoms with E-state index in [0.29, 0.717) is 22.0 Å². The van der Waals surface area contributed by atoms with Crippen molar-refractivity contribution in [3.63, 3.8) is 0 Å². The Bertz CT molecular complexity index is 918. The summed E-state index contributed by atoms with van der Waals surface area (Å²) in [6.45, 7) is 3.85. The van der Waals surface area contributed by atoms with E-state index in [4.69, 9.17) is 16.4 Å². The van der Waals surface area contributed by atoms with Crippen molar-refractivity contribution in [1.29, 1.82) is 0 Å². The van der Waals surface area contributed by atoms with Crippen molar-refractivity contribution in [2.75, 3.05) is 4.90 Å². The summed E-state index contributed by atoms with van der Waals surface area (Å²) in [5.74, 6) is -1.50. The minimum Gasteiger partial charge on any atom is -0.381 e. The van der Waals surface area contributed by atoms with E-state index in [-0.39, 0.29) is 5.91 Å². The molecule has 4 rings (SSSR count). The summed E-state index contributed by atoms with van der Waals surface area (Å²) in [5.41, 5.74) is 3.53. The van der Waals surface area contributed by atoms with Gasteiger partial charge in [-0.1, -0.05) is 41.0 Å². The van der Waals surface area contributed by atoms with Gasteiger partial charge in [-0.05, 0) is 43.2 Å². The van der Waals surface area contributed by atoms with Crippen LogP contribution in [0.1, 0.15) is 16.7 Å². The van der Waals surface area contributed by atoms with Gasteiger partial charge in [-0.25, -0.2) is 4.90 Å². The molecule has 1 fully saturated rings. The van der Waals surface area contributed by atoms with Gasteiger partial charge < -0.3 is 4.84 Å². The topological polar surface area (TPSA) is 59.0 Å². The highest BCUT2D eigenvalue weighted by atomic mass is 35.5. The lowest BCUT2D eigenvalue weighted by molar-refractivity contribution is -0.126. The molecule has 2 heterocycles. The summed E-state index contributed by atoms with van der Waals surface area (Å²) < 4.78 is 0. The molecule has 2 amide bonds. The molecule has 0 N–H and O–H groups in total. The van der Waals surface area contributed by atoms with Gasteiger partial charge in [0.2, 0.25) is 12.0 Å². The smallest absolute Gasteiger partial charge is 0.278 e. The van der Waals surface area contributed by atoms with Crippen LogP contribution in [0.5, 0.6) is 0 Å². The number of imide groups is 1. The van der Waals surface area contributed by atoms with Crippen molar-refractivity contribution in [3.05, 3.63) is 64.2 Å². The number of carbonyl (C=O) groups excluding carboxylic acids is 2. The maximum atomic E-state index is 13.0. The lowest BCUT2D eigenvalue weighted by atomic mass is 9.94. The van der Waals surface area contributed by atoms with Crippen LogP contribution in [0.3, 0.4) is 0 Å². The van der Waals surface area contributed by atoms with Gasteiger partial charge in [-0.15, -0.1) is 0 Å². The molecule has 1 saturated heterocycles. The number of hydrogen-bond acceptors (Lipinski definition) is 4. The number of hydrogen-bond donors (Lipinski definition) is 0. The number of halogens is 1. The second-order valence-electron chi connectivity index (χ2n) is 6.32. The fraction of sp³-hybridized carbons (Fsp3) is 0.211. The third-order valence-corrected chi connectivity index (χ3v) is 4.76. The SMILES string of the molecule is Cc1cc(C)cc(N2C(=O)[C@@H]3C(c4ccccc4Cl)=NO[C@H]3C2=O)c1. The summed E-state index contributed by atoms with van der Waals surface area (Å²) in [6.07, 6.45) is -0.931. The van der Waals surface area contributed by atoms with E-state index in [2.05, 4.69) is 5.16 Å². The third kappa shape index (κ3) is 2.43. The van der Waals surface area contributed by atoms with Crippen molar-refractivity contribution in [3.8, 4) is 0 Å².